The van der Waals surface area contributed by atoms with Crippen LogP contribution in [0, 0.1) is 17.0 Å². The zero-order valence-corrected chi connectivity index (χ0v) is 10.0. The van der Waals surface area contributed by atoms with E-state index in [9.17, 15) is 18.5 Å². The highest BCUT2D eigenvalue weighted by molar-refractivity contribution is 9.10. The van der Waals surface area contributed by atoms with E-state index in [-0.39, 0.29) is 0 Å². The number of hydrogen-bond donors (Lipinski definition) is 1. The van der Waals surface area contributed by atoms with E-state index in [0.29, 0.717) is 10.0 Å². The molecule has 8 heteroatoms. The van der Waals surface area contributed by atoms with Crippen molar-refractivity contribution < 1.29 is 13.3 Å². The lowest BCUT2D eigenvalue weighted by atomic mass is 10.2. The number of halogens is 1. The predicted molar refractivity (Wildman–Crippen MR) is 56.9 cm³/mol. The second-order valence-electron chi connectivity index (χ2n) is 2.87. The average Bonchev–Trinajstić information content (AvgIpc) is 2.06. The van der Waals surface area contributed by atoms with Gasteiger partial charge in [0.1, 0.15) is 0 Å². The summed E-state index contributed by atoms with van der Waals surface area (Å²) in [6, 6.07) is 2.28. The van der Waals surface area contributed by atoms with Crippen molar-refractivity contribution in [3.63, 3.8) is 0 Å². The molecule has 0 radical (unpaired) electrons. The summed E-state index contributed by atoms with van der Waals surface area (Å²) in [5, 5.41) is 15.5. The summed E-state index contributed by atoms with van der Waals surface area (Å²) >= 11 is 3.08. The van der Waals surface area contributed by atoms with Crippen molar-refractivity contribution in [3.05, 3.63) is 32.3 Å². The Kier molecular flexibility index (Phi) is 3.12. The summed E-state index contributed by atoms with van der Waals surface area (Å²) in [7, 11) is -4.09. The highest BCUT2D eigenvalue weighted by atomic mass is 79.9. The highest BCUT2D eigenvalue weighted by Crippen LogP contribution is 2.29. The summed E-state index contributed by atoms with van der Waals surface area (Å²) in [4.78, 5) is 9.33. The maximum Gasteiger partial charge on any atom is 0.289 e. The Hall–Kier alpha value is -0.990. The van der Waals surface area contributed by atoms with Crippen LogP contribution < -0.4 is 5.14 Å². The number of aryl methyl sites for hydroxylation is 1. The number of rotatable bonds is 2. The van der Waals surface area contributed by atoms with Crippen molar-refractivity contribution in [2.24, 2.45) is 5.14 Å². The van der Waals surface area contributed by atoms with Gasteiger partial charge in [-0.1, -0.05) is 15.9 Å². The summed E-state index contributed by atoms with van der Waals surface area (Å²) in [5.41, 5.74) is 0.0484. The Morgan fingerprint density at radius 1 is 1.47 bits per heavy atom. The monoisotopic (exact) mass is 294 g/mol. The zero-order chi connectivity index (χ0) is 11.8. The third-order valence-electron chi connectivity index (χ3n) is 1.74. The van der Waals surface area contributed by atoms with Gasteiger partial charge in [-0.25, -0.2) is 13.6 Å². The molecule has 0 atom stereocenters. The Balaban J connectivity index is 3.64. The van der Waals surface area contributed by atoms with Gasteiger partial charge in [-0.3, -0.25) is 10.1 Å². The number of benzene rings is 1. The van der Waals surface area contributed by atoms with E-state index in [1.165, 1.54) is 0 Å². The summed E-state index contributed by atoms with van der Waals surface area (Å²) in [6.45, 7) is 1.62. The molecule has 15 heavy (non-hydrogen) atoms. The van der Waals surface area contributed by atoms with Gasteiger partial charge in [0.15, 0.2) is 4.90 Å². The van der Waals surface area contributed by atoms with Gasteiger partial charge in [-0.05, 0) is 18.6 Å². The van der Waals surface area contributed by atoms with E-state index in [0.717, 1.165) is 12.1 Å². The normalized spacial score (nSPS) is 11.4. The van der Waals surface area contributed by atoms with Crippen molar-refractivity contribution in [1.82, 2.24) is 0 Å². The van der Waals surface area contributed by atoms with Gasteiger partial charge < -0.3 is 0 Å². The van der Waals surface area contributed by atoms with Crippen molar-refractivity contribution in [3.8, 4) is 0 Å². The summed E-state index contributed by atoms with van der Waals surface area (Å²) < 4.78 is 22.6. The van der Waals surface area contributed by atoms with Crippen LogP contribution in [0.5, 0.6) is 0 Å². The molecule has 0 aromatic heterocycles. The van der Waals surface area contributed by atoms with Crippen molar-refractivity contribution >= 4 is 31.6 Å². The maximum atomic E-state index is 11.1. The van der Waals surface area contributed by atoms with E-state index in [4.69, 9.17) is 5.14 Å². The van der Waals surface area contributed by atoms with Crippen molar-refractivity contribution in [1.29, 1.82) is 0 Å². The topological polar surface area (TPSA) is 103 Å². The minimum atomic E-state index is -4.09. The Bertz CT molecular complexity index is 526. The quantitative estimate of drug-likeness (QED) is 0.656. The number of nitro benzene ring substituents is 1. The number of hydrogen-bond acceptors (Lipinski definition) is 4. The number of nitrogens with zero attached hydrogens (tertiary/aromatic N) is 1. The Labute approximate surface area is 94.4 Å². The molecule has 1 rings (SSSR count). The van der Waals surface area contributed by atoms with E-state index in [2.05, 4.69) is 15.9 Å². The first-order valence-electron chi connectivity index (χ1n) is 3.71. The molecule has 82 valence electrons. The third-order valence-corrected chi connectivity index (χ3v) is 3.54. The first-order chi connectivity index (χ1) is 6.73. The summed E-state index contributed by atoms with van der Waals surface area (Å²) in [5.74, 6) is 0. The molecule has 2 N–H and O–H groups in total. The third kappa shape index (κ3) is 2.52. The predicted octanol–water partition coefficient (Wildman–Crippen LogP) is 1.31. The van der Waals surface area contributed by atoms with Gasteiger partial charge >= 0.3 is 0 Å². The molecule has 1 aromatic carbocycles. The van der Waals surface area contributed by atoms with Crippen LogP contribution in [0.4, 0.5) is 5.69 Å². The Morgan fingerprint density at radius 2 is 2.00 bits per heavy atom. The van der Waals surface area contributed by atoms with Crippen molar-refractivity contribution in [2.75, 3.05) is 0 Å². The zero-order valence-electron chi connectivity index (χ0n) is 7.60. The first kappa shape index (κ1) is 12.1. The number of sulfonamides is 1. The molecule has 0 saturated heterocycles. The van der Waals surface area contributed by atoms with Gasteiger partial charge in [0, 0.05) is 10.5 Å². The van der Waals surface area contributed by atoms with E-state index >= 15 is 0 Å². The van der Waals surface area contributed by atoms with E-state index in [1.807, 2.05) is 0 Å². The number of nitrogens with two attached hydrogens (primary N) is 1. The lowest BCUT2D eigenvalue weighted by Crippen LogP contribution is -2.14. The molecular formula is C7H7BrN2O4S. The minimum absolute atomic E-state index is 0.456. The largest absolute Gasteiger partial charge is 0.289 e. The van der Waals surface area contributed by atoms with Crippen LogP contribution in [0.2, 0.25) is 0 Å². The molecule has 0 saturated carbocycles. The average molecular weight is 295 g/mol. The molecule has 6 nitrogen and oxygen atoms in total. The summed E-state index contributed by atoms with van der Waals surface area (Å²) in [6.07, 6.45) is 0. The van der Waals surface area contributed by atoms with Crippen LogP contribution in [-0.2, 0) is 10.0 Å². The lowest BCUT2D eigenvalue weighted by molar-refractivity contribution is -0.387. The fourth-order valence-electron chi connectivity index (χ4n) is 1.02. The van der Waals surface area contributed by atoms with Crippen LogP contribution in [0.1, 0.15) is 5.56 Å². The number of nitro groups is 1. The maximum absolute atomic E-state index is 11.1. The van der Waals surface area contributed by atoms with Crippen molar-refractivity contribution in [2.45, 2.75) is 11.8 Å². The smallest absolute Gasteiger partial charge is 0.258 e. The van der Waals surface area contributed by atoms with E-state index < -0.39 is 25.5 Å². The van der Waals surface area contributed by atoms with Crippen LogP contribution in [-0.4, -0.2) is 13.3 Å². The second-order valence-corrected chi connectivity index (χ2v) is 5.26. The fraction of sp³-hybridized carbons (Fsp3) is 0.143. The SMILES string of the molecule is Cc1cc([N+](=O)[O-])c(S(N)(=O)=O)cc1Br. The minimum Gasteiger partial charge on any atom is -0.258 e. The molecule has 0 aliphatic heterocycles. The van der Waals surface area contributed by atoms with Gasteiger partial charge in [-0.15, -0.1) is 0 Å². The molecule has 0 unspecified atom stereocenters. The molecular weight excluding hydrogens is 288 g/mol. The second kappa shape index (κ2) is 3.87. The Morgan fingerprint density at radius 3 is 2.40 bits per heavy atom. The van der Waals surface area contributed by atoms with Gasteiger partial charge in [0.05, 0.1) is 4.92 Å². The molecule has 0 heterocycles. The van der Waals surface area contributed by atoms with Crippen LogP contribution in [0.15, 0.2) is 21.5 Å². The molecule has 0 aliphatic carbocycles. The lowest BCUT2D eigenvalue weighted by Gasteiger charge is -2.03. The molecule has 0 aliphatic rings. The highest BCUT2D eigenvalue weighted by Gasteiger charge is 2.23. The number of primary sulfonamides is 1. The molecule has 0 bridgehead atoms. The van der Waals surface area contributed by atoms with E-state index in [1.54, 1.807) is 6.92 Å². The van der Waals surface area contributed by atoms with Gasteiger partial charge in [0.25, 0.3) is 5.69 Å². The van der Waals surface area contributed by atoms with Gasteiger partial charge in [0.2, 0.25) is 10.0 Å². The van der Waals surface area contributed by atoms with Crippen LogP contribution in [0.3, 0.4) is 0 Å². The molecule has 0 spiro atoms. The standard InChI is InChI=1S/C7H7BrN2O4S/c1-4-2-6(10(11)12)7(3-5(4)8)15(9,13)14/h2-3H,1H3,(H2,9,13,14). The fourth-order valence-corrected chi connectivity index (χ4v) is 2.22. The molecule has 1 aromatic rings. The molecule has 0 fully saturated rings. The molecule has 0 amide bonds. The first-order valence-corrected chi connectivity index (χ1v) is 6.04. The van der Waals surface area contributed by atoms with Crippen LogP contribution in [0.25, 0.3) is 0 Å². The van der Waals surface area contributed by atoms with Gasteiger partial charge in [-0.2, -0.15) is 0 Å². The van der Waals surface area contributed by atoms with Crippen LogP contribution >= 0.6 is 15.9 Å².